The van der Waals surface area contributed by atoms with Crippen molar-refractivity contribution in [1.82, 2.24) is 19.2 Å². The van der Waals surface area contributed by atoms with E-state index in [1.54, 1.807) is 30.3 Å². The lowest BCUT2D eigenvalue weighted by molar-refractivity contribution is -0.140. The first-order valence-electron chi connectivity index (χ1n) is 11.8. The molecule has 4 aromatic rings. The second-order valence-electron chi connectivity index (χ2n) is 8.62. The standard InChI is InChI=1S/C26H21ClF4N4O4S2/c27-19-8-10-21(11-9-19)41(37,38)35(15-18-7-6-17(14-22(18)28)24-32-16-39-33-24)23(12-13-26(29,30)31)25(36)34-40-20-4-2-1-3-5-20/h1-11,14,16,23H,12-13,15H2,(H,34,36)/t23-/m1/s1. The number of alkyl halides is 3. The molecule has 0 radical (unpaired) electrons. The van der Waals surface area contributed by atoms with Crippen molar-refractivity contribution in [1.29, 1.82) is 0 Å². The maximum absolute atomic E-state index is 15.2. The van der Waals surface area contributed by atoms with E-state index < -0.39 is 53.4 Å². The van der Waals surface area contributed by atoms with E-state index in [-0.39, 0.29) is 26.9 Å². The number of carbonyl (C=O) groups is 1. The van der Waals surface area contributed by atoms with Crippen molar-refractivity contribution in [3.8, 4) is 11.4 Å². The van der Waals surface area contributed by atoms with E-state index >= 15 is 4.39 Å². The lowest BCUT2D eigenvalue weighted by atomic mass is 10.1. The summed E-state index contributed by atoms with van der Waals surface area (Å²) >= 11 is 6.70. The highest BCUT2D eigenvalue weighted by Crippen LogP contribution is 2.30. The molecule has 15 heteroatoms. The fourth-order valence-corrected chi connectivity index (χ4v) is 6.13. The van der Waals surface area contributed by atoms with E-state index in [9.17, 15) is 26.4 Å². The number of amides is 1. The van der Waals surface area contributed by atoms with E-state index in [0.717, 1.165) is 36.5 Å². The van der Waals surface area contributed by atoms with Crippen LogP contribution < -0.4 is 4.72 Å². The molecule has 0 saturated carbocycles. The van der Waals surface area contributed by atoms with Crippen LogP contribution >= 0.6 is 23.5 Å². The summed E-state index contributed by atoms with van der Waals surface area (Å²) in [6.45, 7) is -0.755. The van der Waals surface area contributed by atoms with Crippen LogP contribution in [0.25, 0.3) is 11.4 Å². The van der Waals surface area contributed by atoms with Gasteiger partial charge in [0, 0.05) is 34.0 Å². The molecule has 1 heterocycles. The van der Waals surface area contributed by atoms with Gasteiger partial charge in [-0.2, -0.15) is 22.5 Å². The molecule has 0 spiro atoms. The molecule has 1 amide bonds. The Morgan fingerprint density at radius 1 is 1.07 bits per heavy atom. The van der Waals surface area contributed by atoms with Crippen molar-refractivity contribution >= 4 is 39.5 Å². The van der Waals surface area contributed by atoms with E-state index in [4.69, 9.17) is 11.6 Å². The molecule has 1 N–H and O–H groups in total. The minimum Gasteiger partial charge on any atom is -0.342 e. The lowest BCUT2D eigenvalue weighted by Crippen LogP contribution is -2.48. The zero-order valence-corrected chi connectivity index (χ0v) is 23.3. The van der Waals surface area contributed by atoms with Crippen LogP contribution in [-0.2, 0) is 21.4 Å². The number of hydrogen-bond acceptors (Lipinski definition) is 7. The largest absolute Gasteiger partial charge is 0.389 e. The first kappa shape index (κ1) is 30.5. The fourth-order valence-electron chi connectivity index (χ4n) is 3.76. The highest BCUT2D eigenvalue weighted by molar-refractivity contribution is 7.98. The highest BCUT2D eigenvalue weighted by Gasteiger charge is 2.39. The van der Waals surface area contributed by atoms with Crippen molar-refractivity contribution in [2.45, 2.75) is 41.4 Å². The van der Waals surface area contributed by atoms with Crippen LogP contribution in [-0.4, -0.2) is 41.0 Å². The van der Waals surface area contributed by atoms with Gasteiger partial charge < -0.3 is 4.52 Å². The molecule has 0 saturated heterocycles. The molecule has 41 heavy (non-hydrogen) atoms. The Labute approximate surface area is 241 Å². The molecule has 0 bridgehead atoms. The summed E-state index contributed by atoms with van der Waals surface area (Å²) in [5, 5.41) is 3.83. The maximum atomic E-state index is 15.2. The van der Waals surface area contributed by atoms with E-state index in [1.807, 2.05) is 0 Å². The van der Waals surface area contributed by atoms with Crippen molar-refractivity contribution < 1.29 is 35.3 Å². The zero-order chi connectivity index (χ0) is 29.6. The number of rotatable bonds is 11. The Bertz CT molecular complexity index is 1570. The predicted octanol–water partition coefficient (Wildman–Crippen LogP) is 6.25. The lowest BCUT2D eigenvalue weighted by Gasteiger charge is -2.30. The SMILES string of the molecule is O=C(NSc1ccccc1)[C@@H](CCC(F)(F)F)N(Cc1ccc(-c2ncon2)cc1F)S(=O)(=O)c1ccc(Cl)cc1. The van der Waals surface area contributed by atoms with E-state index in [1.165, 1.54) is 24.3 Å². The topological polar surface area (TPSA) is 105 Å². The number of carbonyl (C=O) groups excluding carboxylic acids is 1. The molecule has 1 atom stereocenters. The fraction of sp³-hybridized carbons (Fsp3) is 0.192. The molecule has 3 aromatic carbocycles. The number of benzene rings is 3. The predicted molar refractivity (Wildman–Crippen MR) is 143 cm³/mol. The highest BCUT2D eigenvalue weighted by atomic mass is 35.5. The van der Waals surface area contributed by atoms with Crippen LogP contribution in [0, 0.1) is 5.82 Å². The molecule has 0 fully saturated rings. The Morgan fingerprint density at radius 3 is 2.39 bits per heavy atom. The normalized spacial score (nSPS) is 12.8. The van der Waals surface area contributed by atoms with Crippen LogP contribution in [0.3, 0.4) is 0 Å². The van der Waals surface area contributed by atoms with Gasteiger partial charge in [-0.15, -0.1) is 0 Å². The number of halogens is 5. The summed E-state index contributed by atoms with van der Waals surface area (Å²) in [5.74, 6) is -1.83. The average Bonchev–Trinajstić information content (AvgIpc) is 3.47. The van der Waals surface area contributed by atoms with Gasteiger partial charge in [0.15, 0.2) is 0 Å². The third-order valence-electron chi connectivity index (χ3n) is 5.78. The molecular formula is C26H21ClF4N4O4S2. The summed E-state index contributed by atoms with van der Waals surface area (Å²) in [7, 11) is -4.65. The second kappa shape index (κ2) is 13.0. The smallest absolute Gasteiger partial charge is 0.342 e. The molecule has 0 aliphatic heterocycles. The molecule has 4 rings (SSSR count). The summed E-state index contributed by atoms with van der Waals surface area (Å²) in [6, 6.07) is 15.1. The minimum absolute atomic E-state index is 0.0708. The molecule has 0 aliphatic carbocycles. The van der Waals surface area contributed by atoms with Crippen molar-refractivity contribution in [2.75, 3.05) is 0 Å². The molecular weight excluding hydrogens is 608 g/mol. The van der Waals surface area contributed by atoms with Crippen molar-refractivity contribution in [3.63, 3.8) is 0 Å². The number of aromatic nitrogens is 2. The zero-order valence-electron chi connectivity index (χ0n) is 20.9. The quantitative estimate of drug-likeness (QED) is 0.155. The summed E-state index contributed by atoms with van der Waals surface area (Å²) < 4.78 is 90.5. The Morgan fingerprint density at radius 2 is 1.78 bits per heavy atom. The molecule has 1 aromatic heterocycles. The van der Waals surface area contributed by atoms with Crippen molar-refractivity contribution in [2.24, 2.45) is 0 Å². The summed E-state index contributed by atoms with van der Waals surface area (Å²) in [5.41, 5.74) is 0.0213. The van der Waals surface area contributed by atoms with Gasteiger partial charge in [0.2, 0.25) is 28.1 Å². The van der Waals surface area contributed by atoms with Crippen LogP contribution in [0.15, 0.2) is 93.5 Å². The first-order valence-corrected chi connectivity index (χ1v) is 14.5. The van der Waals surface area contributed by atoms with Gasteiger partial charge in [0.1, 0.15) is 11.9 Å². The first-order chi connectivity index (χ1) is 19.4. The van der Waals surface area contributed by atoms with Gasteiger partial charge in [-0.1, -0.05) is 47.1 Å². The van der Waals surface area contributed by atoms with E-state index in [0.29, 0.717) is 9.20 Å². The van der Waals surface area contributed by atoms with E-state index in [2.05, 4.69) is 19.4 Å². The molecule has 0 aliphatic rings. The number of sulfonamides is 1. The molecule has 8 nitrogen and oxygen atoms in total. The molecule has 0 unspecified atom stereocenters. The number of hydrogen-bond donors (Lipinski definition) is 1. The van der Waals surface area contributed by atoms with Gasteiger partial charge in [0.25, 0.3) is 0 Å². The second-order valence-corrected chi connectivity index (χ2v) is 11.8. The van der Waals surface area contributed by atoms with Crippen LogP contribution in [0.1, 0.15) is 18.4 Å². The minimum atomic E-state index is -4.70. The van der Waals surface area contributed by atoms with Gasteiger partial charge in [-0.05, 0) is 60.8 Å². The monoisotopic (exact) mass is 628 g/mol. The number of nitrogens with one attached hydrogen (secondary N) is 1. The van der Waals surface area contributed by atoms with Crippen LogP contribution in [0.5, 0.6) is 0 Å². The van der Waals surface area contributed by atoms with Gasteiger partial charge in [-0.25, -0.2) is 12.8 Å². The third kappa shape index (κ3) is 8.06. The maximum Gasteiger partial charge on any atom is 0.389 e. The Balaban J connectivity index is 1.74. The van der Waals surface area contributed by atoms with Gasteiger partial charge in [-0.3, -0.25) is 9.52 Å². The number of nitrogens with zero attached hydrogens (tertiary/aromatic N) is 3. The van der Waals surface area contributed by atoms with Gasteiger partial charge >= 0.3 is 6.18 Å². The average molecular weight is 629 g/mol. The van der Waals surface area contributed by atoms with Crippen LogP contribution in [0.2, 0.25) is 5.02 Å². The molecule has 216 valence electrons. The summed E-state index contributed by atoms with van der Waals surface area (Å²) in [4.78, 5) is 17.4. The van der Waals surface area contributed by atoms with Crippen molar-refractivity contribution in [3.05, 3.63) is 95.6 Å². The Hall–Kier alpha value is -3.46. The van der Waals surface area contributed by atoms with Crippen LogP contribution in [0.4, 0.5) is 17.6 Å². The Kier molecular flexibility index (Phi) is 9.68. The van der Waals surface area contributed by atoms with Gasteiger partial charge in [0.05, 0.1) is 4.90 Å². The third-order valence-corrected chi connectivity index (χ3v) is 8.72. The summed E-state index contributed by atoms with van der Waals surface area (Å²) in [6.07, 6.45) is -6.04.